The molecule has 0 spiro atoms. The first-order chi connectivity index (χ1) is 12.5. The minimum Gasteiger partial charge on any atom is -0.469 e. The second kappa shape index (κ2) is 7.10. The molecule has 0 fully saturated rings. The molecule has 0 aliphatic heterocycles. The number of hydrogen-bond donors (Lipinski definition) is 3. The Kier molecular flexibility index (Phi) is 4.70. The quantitative estimate of drug-likeness (QED) is 0.496. The summed E-state index contributed by atoms with van der Waals surface area (Å²) in [6, 6.07) is 12.8. The number of pyridine rings is 1. The first-order valence-electron chi connectivity index (χ1n) is 7.92. The number of ether oxygens (including phenoxy) is 1. The van der Waals surface area contributed by atoms with Crippen molar-refractivity contribution in [1.29, 1.82) is 0 Å². The highest BCUT2D eigenvalue weighted by atomic mass is 16.5. The highest BCUT2D eigenvalue weighted by molar-refractivity contribution is 6.05. The first-order valence-corrected chi connectivity index (χ1v) is 7.92. The number of amides is 1. The van der Waals surface area contributed by atoms with Gasteiger partial charge in [-0.15, -0.1) is 0 Å². The van der Waals surface area contributed by atoms with Gasteiger partial charge in [-0.25, -0.2) is 4.98 Å². The largest absolute Gasteiger partial charge is 0.469 e. The standard InChI is InChI=1S/C19H19N5O2/c1-11-3-4-12-5-7-14(9-15(12)17(11)24-19(21)26-2)23-18(25)16-8-6-13(20)10-22-16/h3-10H,20H2,1-2H3,(H2,21,24)(H,23,25). The number of carbonyl (C=O) groups is 1. The van der Waals surface area contributed by atoms with Crippen molar-refractivity contribution < 1.29 is 9.53 Å². The number of aromatic nitrogens is 1. The van der Waals surface area contributed by atoms with E-state index in [4.69, 9.17) is 16.2 Å². The summed E-state index contributed by atoms with van der Waals surface area (Å²) in [5, 5.41) is 4.66. The summed E-state index contributed by atoms with van der Waals surface area (Å²) in [6.07, 6.45) is 1.44. The smallest absolute Gasteiger partial charge is 0.286 e. The van der Waals surface area contributed by atoms with E-state index in [1.807, 2.05) is 37.3 Å². The van der Waals surface area contributed by atoms with Crippen LogP contribution in [0.2, 0.25) is 0 Å². The lowest BCUT2D eigenvalue weighted by Crippen LogP contribution is -2.14. The number of nitrogen functional groups attached to an aromatic ring is 1. The van der Waals surface area contributed by atoms with Crippen LogP contribution in [0.5, 0.6) is 0 Å². The topological polar surface area (TPSA) is 116 Å². The number of anilines is 2. The van der Waals surface area contributed by atoms with Crippen LogP contribution in [0.15, 0.2) is 53.7 Å². The molecule has 0 saturated heterocycles. The Bertz CT molecular complexity index is 997. The van der Waals surface area contributed by atoms with Gasteiger partial charge in [0, 0.05) is 11.1 Å². The lowest BCUT2D eigenvalue weighted by molar-refractivity contribution is 0.102. The average Bonchev–Trinajstić information content (AvgIpc) is 2.64. The molecular formula is C19H19N5O2. The minimum absolute atomic E-state index is 0.0705. The van der Waals surface area contributed by atoms with E-state index in [-0.39, 0.29) is 17.6 Å². The van der Waals surface area contributed by atoms with Crippen LogP contribution >= 0.6 is 0 Å². The SMILES string of the molecule is CO/C(N)=N\c1c(C)ccc2ccc(NC(=O)c3ccc(N)cn3)cc12. The molecule has 5 N–H and O–H groups in total. The number of benzene rings is 2. The molecule has 1 heterocycles. The van der Waals surface area contributed by atoms with Gasteiger partial charge in [0.25, 0.3) is 11.9 Å². The summed E-state index contributed by atoms with van der Waals surface area (Å²) in [4.78, 5) is 20.7. The van der Waals surface area contributed by atoms with E-state index in [9.17, 15) is 4.79 Å². The van der Waals surface area contributed by atoms with Crippen LogP contribution in [0.25, 0.3) is 10.8 Å². The third-order valence-electron chi connectivity index (χ3n) is 3.90. The molecule has 1 amide bonds. The molecule has 7 heteroatoms. The Morgan fingerprint density at radius 3 is 2.65 bits per heavy atom. The zero-order valence-corrected chi connectivity index (χ0v) is 14.5. The minimum atomic E-state index is -0.321. The van der Waals surface area contributed by atoms with Crippen molar-refractivity contribution >= 4 is 39.8 Å². The van der Waals surface area contributed by atoms with Crippen LogP contribution in [-0.2, 0) is 4.74 Å². The molecule has 0 aliphatic carbocycles. The number of nitrogens with two attached hydrogens (primary N) is 2. The summed E-state index contributed by atoms with van der Waals surface area (Å²) >= 11 is 0. The summed E-state index contributed by atoms with van der Waals surface area (Å²) in [5.74, 6) is -0.321. The fourth-order valence-electron chi connectivity index (χ4n) is 2.53. The molecule has 0 saturated carbocycles. The number of hydrogen-bond acceptors (Lipinski definition) is 5. The maximum Gasteiger partial charge on any atom is 0.286 e. The molecule has 0 atom stereocenters. The molecule has 3 aromatic rings. The molecule has 3 rings (SSSR count). The van der Waals surface area contributed by atoms with E-state index in [1.165, 1.54) is 13.3 Å². The molecule has 132 valence electrons. The zero-order chi connectivity index (χ0) is 18.7. The van der Waals surface area contributed by atoms with Gasteiger partial charge in [-0.2, -0.15) is 4.99 Å². The Morgan fingerprint density at radius 2 is 1.96 bits per heavy atom. The normalized spacial score (nSPS) is 11.4. The maximum absolute atomic E-state index is 12.4. The predicted molar refractivity (Wildman–Crippen MR) is 104 cm³/mol. The van der Waals surface area contributed by atoms with Crippen molar-refractivity contribution in [2.24, 2.45) is 10.7 Å². The third kappa shape index (κ3) is 3.56. The van der Waals surface area contributed by atoms with Gasteiger partial charge in [-0.3, -0.25) is 4.79 Å². The van der Waals surface area contributed by atoms with Crippen LogP contribution in [0.1, 0.15) is 16.1 Å². The van der Waals surface area contributed by atoms with Gasteiger partial charge < -0.3 is 21.5 Å². The number of rotatable bonds is 3. The number of aliphatic imine (C=N–C) groups is 1. The molecular weight excluding hydrogens is 330 g/mol. The van der Waals surface area contributed by atoms with Crippen molar-refractivity contribution in [1.82, 2.24) is 4.98 Å². The van der Waals surface area contributed by atoms with Gasteiger partial charge in [0.2, 0.25) is 0 Å². The molecule has 0 aliphatic rings. The Labute approximate surface area is 150 Å². The van der Waals surface area contributed by atoms with Crippen molar-refractivity contribution in [2.75, 3.05) is 18.2 Å². The number of nitrogens with one attached hydrogen (secondary N) is 1. The number of fused-ring (bicyclic) bond motifs is 1. The van der Waals surface area contributed by atoms with Gasteiger partial charge in [0.1, 0.15) is 5.69 Å². The van der Waals surface area contributed by atoms with Gasteiger partial charge in [0.15, 0.2) is 0 Å². The van der Waals surface area contributed by atoms with E-state index in [2.05, 4.69) is 15.3 Å². The van der Waals surface area contributed by atoms with Gasteiger partial charge in [0.05, 0.1) is 24.7 Å². The Hall–Kier alpha value is -3.61. The van der Waals surface area contributed by atoms with Crippen LogP contribution in [0.3, 0.4) is 0 Å². The van der Waals surface area contributed by atoms with E-state index in [1.54, 1.807) is 12.1 Å². The highest BCUT2D eigenvalue weighted by Crippen LogP contribution is 2.32. The average molecular weight is 349 g/mol. The maximum atomic E-state index is 12.4. The first kappa shape index (κ1) is 17.2. The second-order valence-electron chi connectivity index (χ2n) is 5.75. The molecule has 0 radical (unpaired) electrons. The van der Waals surface area contributed by atoms with Gasteiger partial charge >= 0.3 is 0 Å². The number of nitrogens with zero attached hydrogens (tertiary/aromatic N) is 2. The molecule has 2 aromatic carbocycles. The van der Waals surface area contributed by atoms with E-state index in [0.29, 0.717) is 17.1 Å². The lowest BCUT2D eigenvalue weighted by Gasteiger charge is -2.10. The fraction of sp³-hybridized carbons (Fsp3) is 0.105. The lowest BCUT2D eigenvalue weighted by atomic mass is 10.0. The summed E-state index contributed by atoms with van der Waals surface area (Å²) in [6.45, 7) is 1.94. The zero-order valence-electron chi connectivity index (χ0n) is 14.5. The molecule has 0 bridgehead atoms. The number of carbonyl (C=O) groups excluding carboxylic acids is 1. The van der Waals surface area contributed by atoms with Gasteiger partial charge in [-0.1, -0.05) is 18.2 Å². The van der Waals surface area contributed by atoms with Crippen LogP contribution < -0.4 is 16.8 Å². The summed E-state index contributed by atoms with van der Waals surface area (Å²) < 4.78 is 4.96. The molecule has 7 nitrogen and oxygen atoms in total. The van der Waals surface area contributed by atoms with Crippen LogP contribution in [0.4, 0.5) is 17.1 Å². The third-order valence-corrected chi connectivity index (χ3v) is 3.90. The summed E-state index contributed by atoms with van der Waals surface area (Å²) in [7, 11) is 1.46. The number of aryl methyl sites for hydroxylation is 1. The van der Waals surface area contributed by atoms with Crippen LogP contribution in [-0.4, -0.2) is 24.0 Å². The van der Waals surface area contributed by atoms with E-state index in [0.717, 1.165) is 16.3 Å². The van der Waals surface area contributed by atoms with Crippen molar-refractivity contribution in [2.45, 2.75) is 6.92 Å². The molecule has 1 aromatic heterocycles. The van der Waals surface area contributed by atoms with Crippen LogP contribution in [0, 0.1) is 6.92 Å². The Balaban J connectivity index is 1.99. The van der Waals surface area contributed by atoms with Crippen molar-refractivity contribution in [3.63, 3.8) is 0 Å². The molecule has 26 heavy (non-hydrogen) atoms. The number of amidine groups is 1. The molecule has 0 unspecified atom stereocenters. The van der Waals surface area contributed by atoms with E-state index < -0.39 is 0 Å². The fourth-order valence-corrected chi connectivity index (χ4v) is 2.53. The van der Waals surface area contributed by atoms with Gasteiger partial charge in [-0.05, 0) is 42.1 Å². The predicted octanol–water partition coefficient (Wildman–Crippen LogP) is 2.97. The highest BCUT2D eigenvalue weighted by Gasteiger charge is 2.10. The van der Waals surface area contributed by atoms with Crippen molar-refractivity contribution in [3.8, 4) is 0 Å². The monoisotopic (exact) mass is 349 g/mol. The van der Waals surface area contributed by atoms with E-state index >= 15 is 0 Å². The van der Waals surface area contributed by atoms with Crippen molar-refractivity contribution in [3.05, 3.63) is 59.9 Å². The second-order valence-corrected chi connectivity index (χ2v) is 5.75. The number of methoxy groups -OCH3 is 1. The Morgan fingerprint density at radius 1 is 1.19 bits per heavy atom. The summed E-state index contributed by atoms with van der Waals surface area (Å²) in [5.41, 5.74) is 14.4.